The number of amides is 2. The van der Waals surface area contributed by atoms with Gasteiger partial charge in [0.2, 0.25) is 0 Å². The molecule has 2 N–H and O–H groups in total. The van der Waals surface area contributed by atoms with Gasteiger partial charge in [-0.05, 0) is 72.4 Å². The van der Waals surface area contributed by atoms with Gasteiger partial charge >= 0.3 is 0 Å². The minimum Gasteiger partial charge on any atom is -0.494 e. The summed E-state index contributed by atoms with van der Waals surface area (Å²) < 4.78 is 12.3. The summed E-state index contributed by atoms with van der Waals surface area (Å²) in [5, 5.41) is 7.24. The van der Waals surface area contributed by atoms with Gasteiger partial charge in [-0.15, -0.1) is 0 Å². The van der Waals surface area contributed by atoms with Crippen LogP contribution in [0.15, 0.2) is 56.7 Å². The molecular weight excluding hydrogens is 512 g/mol. The number of rotatable bonds is 8. The molecule has 0 saturated carbocycles. The molecule has 0 spiro atoms. The van der Waals surface area contributed by atoms with Gasteiger partial charge in [-0.25, -0.2) is 5.43 Å². The standard InChI is InChI=1S/C26H27BrN4O4/c1-3-4-12-34-20-10-8-19(9-11-20)29-26(33)24-16(2)23-21(6-5-7-22(23)35-24)30-31-25(32)17-13-18(27)15-28-14-17/h8-11,13-15H,3-7,12H2,1-2H3,(H,29,33)(H,31,32)/b30-21+. The van der Waals surface area contributed by atoms with E-state index in [-0.39, 0.29) is 17.6 Å². The Balaban J connectivity index is 1.47. The Bertz CT molecular complexity index is 1250. The Labute approximate surface area is 212 Å². The van der Waals surface area contributed by atoms with E-state index in [1.165, 1.54) is 6.20 Å². The van der Waals surface area contributed by atoms with Crippen molar-refractivity contribution in [3.63, 3.8) is 0 Å². The topological polar surface area (TPSA) is 106 Å². The first kappa shape index (κ1) is 24.7. The molecule has 1 aliphatic rings. The number of pyridine rings is 1. The number of hydrogen-bond donors (Lipinski definition) is 2. The third-order valence-corrected chi connectivity index (χ3v) is 6.10. The van der Waals surface area contributed by atoms with Crippen molar-refractivity contribution in [1.29, 1.82) is 0 Å². The zero-order valence-corrected chi connectivity index (χ0v) is 21.3. The number of aryl methyl sites for hydroxylation is 1. The number of unbranched alkanes of at least 4 members (excludes halogenated alkanes) is 1. The van der Waals surface area contributed by atoms with E-state index in [0.29, 0.717) is 52.2 Å². The second-order valence-electron chi connectivity index (χ2n) is 8.28. The Morgan fingerprint density at radius 1 is 1.17 bits per heavy atom. The van der Waals surface area contributed by atoms with Crippen molar-refractivity contribution in [2.75, 3.05) is 11.9 Å². The quantitative estimate of drug-likeness (QED) is 0.285. The number of nitrogens with one attached hydrogen (secondary N) is 2. The Kier molecular flexibility index (Phi) is 7.97. The maximum absolute atomic E-state index is 13.0. The lowest BCUT2D eigenvalue weighted by molar-refractivity contribution is 0.0953. The van der Waals surface area contributed by atoms with E-state index >= 15 is 0 Å². The molecule has 0 bridgehead atoms. The lowest BCUT2D eigenvalue weighted by Gasteiger charge is -2.13. The van der Waals surface area contributed by atoms with Gasteiger partial charge in [-0.1, -0.05) is 13.3 Å². The first-order chi connectivity index (χ1) is 17.0. The number of benzene rings is 1. The zero-order valence-electron chi connectivity index (χ0n) is 19.7. The predicted octanol–water partition coefficient (Wildman–Crippen LogP) is 5.65. The van der Waals surface area contributed by atoms with Crippen LogP contribution in [0.5, 0.6) is 5.75 Å². The van der Waals surface area contributed by atoms with Crippen molar-refractivity contribution in [2.45, 2.75) is 46.0 Å². The number of hydrazone groups is 1. The van der Waals surface area contributed by atoms with Crippen LogP contribution in [0.4, 0.5) is 5.69 Å². The summed E-state index contributed by atoms with van der Waals surface area (Å²) in [7, 11) is 0. The molecule has 0 saturated heterocycles. The molecule has 8 nitrogen and oxygen atoms in total. The van der Waals surface area contributed by atoms with Crippen molar-refractivity contribution in [3.05, 3.63) is 75.4 Å². The van der Waals surface area contributed by atoms with Crippen LogP contribution in [-0.2, 0) is 6.42 Å². The van der Waals surface area contributed by atoms with Gasteiger partial charge in [-0.2, -0.15) is 5.10 Å². The number of ether oxygens (including phenoxy) is 1. The van der Waals surface area contributed by atoms with Crippen LogP contribution in [-0.4, -0.2) is 29.1 Å². The summed E-state index contributed by atoms with van der Waals surface area (Å²) in [5.74, 6) is 1.02. The first-order valence-corrected chi connectivity index (χ1v) is 12.4. The van der Waals surface area contributed by atoms with Crippen LogP contribution < -0.4 is 15.5 Å². The normalized spacial score (nSPS) is 13.9. The average molecular weight is 539 g/mol. The number of hydrogen-bond acceptors (Lipinski definition) is 6. The number of furan rings is 1. The van der Waals surface area contributed by atoms with E-state index in [9.17, 15) is 9.59 Å². The van der Waals surface area contributed by atoms with Gasteiger partial charge < -0.3 is 14.5 Å². The molecule has 9 heteroatoms. The second kappa shape index (κ2) is 11.3. The monoisotopic (exact) mass is 538 g/mol. The molecule has 3 aromatic rings. The van der Waals surface area contributed by atoms with Crippen LogP contribution in [0, 0.1) is 6.92 Å². The van der Waals surface area contributed by atoms with Crippen molar-refractivity contribution >= 4 is 39.1 Å². The summed E-state index contributed by atoms with van der Waals surface area (Å²) in [6.45, 7) is 4.62. The number of carbonyl (C=O) groups excluding carboxylic acids is 2. The number of fused-ring (bicyclic) bond motifs is 1. The SMILES string of the molecule is CCCCOc1ccc(NC(=O)c2oc3c(c2C)/C(=N/NC(=O)c2cncc(Br)c2)CCC3)cc1. The minimum atomic E-state index is -0.361. The molecule has 0 aliphatic heterocycles. The Morgan fingerprint density at radius 2 is 1.97 bits per heavy atom. The third kappa shape index (κ3) is 5.97. The molecule has 0 fully saturated rings. The molecule has 1 aromatic carbocycles. The lowest BCUT2D eigenvalue weighted by Crippen LogP contribution is -2.22. The molecule has 2 heterocycles. The fourth-order valence-electron chi connectivity index (χ4n) is 3.87. The smallest absolute Gasteiger partial charge is 0.291 e. The van der Waals surface area contributed by atoms with Crippen molar-refractivity contribution in [1.82, 2.24) is 10.4 Å². The van der Waals surface area contributed by atoms with Crippen molar-refractivity contribution < 1.29 is 18.7 Å². The first-order valence-electron chi connectivity index (χ1n) is 11.6. The highest BCUT2D eigenvalue weighted by Gasteiger charge is 2.28. The molecule has 2 amide bonds. The number of halogens is 1. The largest absolute Gasteiger partial charge is 0.494 e. The van der Waals surface area contributed by atoms with Gasteiger partial charge in [0.15, 0.2) is 5.76 Å². The van der Waals surface area contributed by atoms with E-state index in [0.717, 1.165) is 30.6 Å². The van der Waals surface area contributed by atoms with E-state index < -0.39 is 0 Å². The molecule has 0 radical (unpaired) electrons. The molecule has 2 aromatic heterocycles. The summed E-state index contributed by atoms with van der Waals surface area (Å²) in [4.78, 5) is 29.5. The highest BCUT2D eigenvalue weighted by atomic mass is 79.9. The summed E-state index contributed by atoms with van der Waals surface area (Å²) in [6, 6.07) is 8.94. The Morgan fingerprint density at radius 3 is 2.71 bits per heavy atom. The van der Waals surface area contributed by atoms with Gasteiger partial charge in [0.25, 0.3) is 11.8 Å². The van der Waals surface area contributed by atoms with Crippen molar-refractivity contribution in [3.8, 4) is 5.75 Å². The molecule has 0 unspecified atom stereocenters. The van der Waals surface area contributed by atoms with Crippen LogP contribution in [0.2, 0.25) is 0 Å². The van der Waals surface area contributed by atoms with Gasteiger partial charge in [0, 0.05) is 40.1 Å². The van der Waals surface area contributed by atoms with Crippen LogP contribution in [0.1, 0.15) is 70.4 Å². The highest BCUT2D eigenvalue weighted by molar-refractivity contribution is 9.10. The Hall–Kier alpha value is -3.46. The highest BCUT2D eigenvalue weighted by Crippen LogP contribution is 2.30. The number of nitrogens with zero attached hydrogens (tertiary/aromatic N) is 2. The second-order valence-corrected chi connectivity index (χ2v) is 9.20. The molecule has 182 valence electrons. The zero-order chi connectivity index (χ0) is 24.8. The van der Waals surface area contributed by atoms with Crippen molar-refractivity contribution in [2.24, 2.45) is 5.10 Å². The van der Waals surface area contributed by atoms with Gasteiger partial charge in [-0.3, -0.25) is 14.6 Å². The number of anilines is 1. The van der Waals surface area contributed by atoms with Crippen LogP contribution in [0.3, 0.4) is 0 Å². The minimum absolute atomic E-state index is 0.246. The average Bonchev–Trinajstić information content (AvgIpc) is 3.21. The van der Waals surface area contributed by atoms with Gasteiger partial charge in [0.05, 0.1) is 17.9 Å². The molecule has 0 atom stereocenters. The van der Waals surface area contributed by atoms with E-state index in [1.807, 2.05) is 19.1 Å². The summed E-state index contributed by atoms with van der Waals surface area (Å²) in [6.07, 6.45) is 7.34. The summed E-state index contributed by atoms with van der Waals surface area (Å²) in [5.41, 5.74) is 5.82. The van der Waals surface area contributed by atoms with Crippen LogP contribution in [0.25, 0.3) is 0 Å². The molecule has 4 rings (SSSR count). The predicted molar refractivity (Wildman–Crippen MR) is 137 cm³/mol. The lowest BCUT2D eigenvalue weighted by atomic mass is 9.93. The van der Waals surface area contributed by atoms with Crippen LogP contribution >= 0.6 is 15.9 Å². The fraction of sp³-hybridized carbons (Fsp3) is 0.308. The fourth-order valence-corrected chi connectivity index (χ4v) is 4.24. The molecule has 1 aliphatic carbocycles. The molecular formula is C26H27BrN4O4. The van der Waals surface area contributed by atoms with E-state index in [1.54, 1.807) is 24.4 Å². The van der Waals surface area contributed by atoms with E-state index in [4.69, 9.17) is 9.15 Å². The maximum Gasteiger partial charge on any atom is 0.291 e. The van der Waals surface area contributed by atoms with Gasteiger partial charge in [0.1, 0.15) is 11.5 Å². The number of aromatic nitrogens is 1. The summed E-state index contributed by atoms with van der Waals surface area (Å²) >= 11 is 3.31. The third-order valence-electron chi connectivity index (χ3n) is 5.67. The maximum atomic E-state index is 13.0. The molecule has 35 heavy (non-hydrogen) atoms. The van der Waals surface area contributed by atoms with E-state index in [2.05, 4.69) is 43.7 Å². The number of carbonyl (C=O) groups is 2.